The van der Waals surface area contributed by atoms with E-state index >= 15 is 0 Å². The lowest BCUT2D eigenvalue weighted by atomic mass is 9.95. The number of carbonyl (C=O) groups is 1. The molecule has 0 radical (unpaired) electrons. The minimum atomic E-state index is -0.776. The van der Waals surface area contributed by atoms with Gasteiger partial charge in [0.1, 0.15) is 22.4 Å². The molecule has 1 aliphatic rings. The molecule has 1 aliphatic heterocycles. The second kappa shape index (κ2) is 5.69. The van der Waals surface area contributed by atoms with E-state index in [9.17, 15) is 9.18 Å². The van der Waals surface area contributed by atoms with Crippen molar-refractivity contribution >= 4 is 23.2 Å². The zero-order valence-corrected chi connectivity index (χ0v) is 13.9. The SMILES string of the molecule is CN1C(=O)C[C@@](C)(c2cnc(-c3ccc(F)c(C#N)c3)s2)N=C1N. The highest BCUT2D eigenvalue weighted by Crippen LogP contribution is 2.38. The molecule has 1 aromatic heterocycles. The second-order valence-electron chi connectivity index (χ2n) is 5.71. The van der Waals surface area contributed by atoms with Crippen LogP contribution < -0.4 is 5.73 Å². The summed E-state index contributed by atoms with van der Waals surface area (Å²) in [5.74, 6) is -0.519. The third-order valence-corrected chi connectivity index (χ3v) is 5.24. The second-order valence-corrected chi connectivity index (χ2v) is 6.74. The van der Waals surface area contributed by atoms with Gasteiger partial charge in [0.25, 0.3) is 0 Å². The molecular formula is C16H14FN5OS. The molecule has 6 nitrogen and oxygen atoms in total. The highest BCUT2D eigenvalue weighted by molar-refractivity contribution is 7.15. The summed E-state index contributed by atoms with van der Waals surface area (Å²) in [4.78, 5) is 22.9. The standard InChI is InChI=1S/C16H14FN5OS/c1-16(6-13(23)22(2)15(19)21-16)12-8-20-14(24-12)9-3-4-11(17)10(5-9)7-18/h3-5,8H,6H2,1-2H3,(H2,19,21)/t16-/m0/s1. The molecule has 8 heteroatoms. The number of amides is 1. The number of hydrogen-bond acceptors (Lipinski definition) is 6. The largest absolute Gasteiger partial charge is 0.369 e. The molecule has 0 saturated heterocycles. The van der Waals surface area contributed by atoms with Crippen LogP contribution in [0.5, 0.6) is 0 Å². The van der Waals surface area contributed by atoms with Crippen LogP contribution in [-0.4, -0.2) is 28.8 Å². The molecule has 0 bridgehead atoms. The van der Waals surface area contributed by atoms with Crippen LogP contribution in [0.25, 0.3) is 10.6 Å². The molecule has 2 aromatic rings. The topological polar surface area (TPSA) is 95.4 Å². The fourth-order valence-corrected chi connectivity index (χ4v) is 3.45. The molecule has 0 unspecified atom stereocenters. The Morgan fingerprint density at radius 1 is 1.50 bits per heavy atom. The number of halogens is 1. The molecule has 0 spiro atoms. The summed E-state index contributed by atoms with van der Waals surface area (Å²) in [5, 5.41) is 9.57. The van der Waals surface area contributed by atoms with Gasteiger partial charge in [-0.3, -0.25) is 9.69 Å². The lowest BCUT2D eigenvalue weighted by molar-refractivity contribution is -0.128. The van der Waals surface area contributed by atoms with Crippen LogP contribution in [0.3, 0.4) is 0 Å². The molecule has 0 aliphatic carbocycles. The third kappa shape index (κ3) is 2.63. The maximum atomic E-state index is 13.5. The summed E-state index contributed by atoms with van der Waals surface area (Å²) >= 11 is 1.35. The van der Waals surface area contributed by atoms with Crippen molar-refractivity contribution in [2.45, 2.75) is 18.9 Å². The number of hydrogen-bond donors (Lipinski definition) is 1. The Kier molecular flexibility index (Phi) is 3.81. The fraction of sp³-hybridized carbons (Fsp3) is 0.250. The highest BCUT2D eigenvalue weighted by Gasteiger charge is 2.37. The van der Waals surface area contributed by atoms with Crippen molar-refractivity contribution in [3.8, 4) is 16.6 Å². The van der Waals surface area contributed by atoms with E-state index in [-0.39, 0.29) is 23.9 Å². The van der Waals surface area contributed by atoms with Crippen molar-refractivity contribution in [2.24, 2.45) is 10.7 Å². The maximum absolute atomic E-state index is 13.5. The van der Waals surface area contributed by atoms with Crippen LogP contribution in [0.2, 0.25) is 0 Å². The maximum Gasteiger partial charge on any atom is 0.231 e. The number of nitriles is 1. The van der Waals surface area contributed by atoms with E-state index in [1.165, 1.54) is 28.4 Å². The summed E-state index contributed by atoms with van der Waals surface area (Å²) in [6.45, 7) is 1.83. The number of benzene rings is 1. The van der Waals surface area contributed by atoms with E-state index in [1.54, 1.807) is 19.3 Å². The zero-order valence-electron chi connectivity index (χ0n) is 13.1. The number of nitrogens with two attached hydrogens (primary N) is 1. The van der Waals surface area contributed by atoms with Gasteiger partial charge in [-0.2, -0.15) is 5.26 Å². The van der Waals surface area contributed by atoms with E-state index in [2.05, 4.69) is 9.98 Å². The third-order valence-electron chi connectivity index (χ3n) is 3.94. The van der Waals surface area contributed by atoms with Gasteiger partial charge in [-0.15, -0.1) is 11.3 Å². The molecule has 1 amide bonds. The van der Waals surface area contributed by atoms with Gasteiger partial charge in [0.05, 0.1) is 16.9 Å². The molecule has 2 heterocycles. The van der Waals surface area contributed by atoms with Crippen LogP contribution in [0.4, 0.5) is 4.39 Å². The summed E-state index contributed by atoms with van der Waals surface area (Å²) in [5.41, 5.74) is 5.65. The first-order valence-electron chi connectivity index (χ1n) is 7.12. The Hall–Kier alpha value is -2.79. The van der Waals surface area contributed by atoms with Crippen molar-refractivity contribution in [3.05, 3.63) is 40.7 Å². The molecule has 1 atom stereocenters. The normalized spacial score (nSPS) is 20.7. The van der Waals surface area contributed by atoms with Crippen molar-refractivity contribution in [1.82, 2.24) is 9.88 Å². The molecule has 3 rings (SSSR count). The number of aliphatic imine (C=N–C) groups is 1. The monoisotopic (exact) mass is 343 g/mol. The van der Waals surface area contributed by atoms with Crippen LogP contribution >= 0.6 is 11.3 Å². The van der Waals surface area contributed by atoms with E-state index in [0.29, 0.717) is 10.6 Å². The number of carbonyl (C=O) groups excluding carboxylic acids is 1. The van der Waals surface area contributed by atoms with Gasteiger partial charge in [-0.1, -0.05) is 0 Å². The average molecular weight is 343 g/mol. The Balaban J connectivity index is 2.00. The lowest BCUT2D eigenvalue weighted by Gasteiger charge is -2.32. The zero-order chi connectivity index (χ0) is 17.5. The number of thiazole rings is 1. The van der Waals surface area contributed by atoms with Crippen LogP contribution in [0.15, 0.2) is 29.4 Å². The van der Waals surface area contributed by atoms with Gasteiger partial charge < -0.3 is 5.73 Å². The van der Waals surface area contributed by atoms with E-state index < -0.39 is 11.4 Å². The smallest absolute Gasteiger partial charge is 0.231 e. The predicted molar refractivity (Wildman–Crippen MR) is 88.6 cm³/mol. The number of rotatable bonds is 2. The van der Waals surface area contributed by atoms with Gasteiger partial charge in [-0.25, -0.2) is 14.4 Å². The van der Waals surface area contributed by atoms with Gasteiger partial charge in [0.2, 0.25) is 5.91 Å². The summed E-state index contributed by atoms with van der Waals surface area (Å²) in [6, 6.07) is 6.08. The number of nitrogens with zero attached hydrogens (tertiary/aromatic N) is 4. The predicted octanol–water partition coefficient (Wildman–Crippen LogP) is 2.21. The summed E-state index contributed by atoms with van der Waals surface area (Å²) in [7, 11) is 1.58. The summed E-state index contributed by atoms with van der Waals surface area (Å²) < 4.78 is 13.5. The molecular weight excluding hydrogens is 329 g/mol. The Bertz CT molecular complexity index is 900. The average Bonchev–Trinajstić information content (AvgIpc) is 3.04. The minimum absolute atomic E-state index is 0.0350. The molecule has 2 N–H and O–H groups in total. The van der Waals surface area contributed by atoms with E-state index in [4.69, 9.17) is 11.0 Å². The van der Waals surface area contributed by atoms with E-state index in [0.717, 1.165) is 4.88 Å². The molecule has 0 fully saturated rings. The van der Waals surface area contributed by atoms with Crippen LogP contribution in [-0.2, 0) is 10.3 Å². The minimum Gasteiger partial charge on any atom is -0.369 e. The quantitative estimate of drug-likeness (QED) is 0.904. The molecule has 1 aromatic carbocycles. The van der Waals surface area contributed by atoms with Gasteiger partial charge >= 0.3 is 0 Å². The van der Waals surface area contributed by atoms with Gasteiger partial charge in [0, 0.05) is 18.8 Å². The van der Waals surface area contributed by atoms with Crippen molar-refractivity contribution in [2.75, 3.05) is 7.05 Å². The number of guanidine groups is 1. The van der Waals surface area contributed by atoms with Gasteiger partial charge in [-0.05, 0) is 25.1 Å². The van der Waals surface area contributed by atoms with Crippen LogP contribution in [0.1, 0.15) is 23.8 Å². The highest BCUT2D eigenvalue weighted by atomic mass is 32.1. The number of aromatic nitrogens is 1. The Morgan fingerprint density at radius 2 is 2.25 bits per heavy atom. The first-order chi connectivity index (χ1) is 11.3. The molecule has 122 valence electrons. The van der Waals surface area contributed by atoms with Crippen molar-refractivity contribution in [3.63, 3.8) is 0 Å². The molecule has 0 saturated carbocycles. The Labute approximate surface area is 142 Å². The van der Waals surface area contributed by atoms with Gasteiger partial charge in [0.15, 0.2) is 5.96 Å². The van der Waals surface area contributed by atoms with E-state index in [1.807, 2.05) is 13.0 Å². The lowest BCUT2D eigenvalue weighted by Crippen LogP contribution is -2.47. The first kappa shape index (κ1) is 16.1. The summed E-state index contributed by atoms with van der Waals surface area (Å²) in [6.07, 6.45) is 1.84. The fourth-order valence-electron chi connectivity index (χ4n) is 2.45. The molecule has 24 heavy (non-hydrogen) atoms. The van der Waals surface area contributed by atoms with Crippen molar-refractivity contribution < 1.29 is 9.18 Å². The van der Waals surface area contributed by atoms with Crippen LogP contribution in [0, 0.1) is 17.1 Å². The van der Waals surface area contributed by atoms with Crippen molar-refractivity contribution in [1.29, 1.82) is 5.26 Å². The Morgan fingerprint density at radius 3 is 2.92 bits per heavy atom. The first-order valence-corrected chi connectivity index (χ1v) is 7.94.